The number of pyridine rings is 1. The molecule has 2 atom stereocenters. The van der Waals surface area contributed by atoms with Gasteiger partial charge in [-0.15, -0.1) is 0 Å². The van der Waals surface area contributed by atoms with E-state index < -0.39 is 17.9 Å². The molecule has 1 aromatic heterocycles. The molecule has 3 rings (SSSR count). The summed E-state index contributed by atoms with van der Waals surface area (Å²) in [6.45, 7) is 2.83. The number of hydrogen-bond acceptors (Lipinski definition) is 5. The SMILES string of the molecule is CC1C(NCc2cccc(CNc3cccc(C(=O)O)c3)n2)=CC=CC1C(=O)O. The molecule has 4 N–H and O–H groups in total. The van der Waals surface area contributed by atoms with Crippen molar-refractivity contribution in [1.82, 2.24) is 10.3 Å². The highest BCUT2D eigenvalue weighted by atomic mass is 16.4. The highest BCUT2D eigenvalue weighted by molar-refractivity contribution is 5.88. The van der Waals surface area contributed by atoms with E-state index >= 15 is 0 Å². The Morgan fingerprint density at radius 2 is 1.72 bits per heavy atom. The number of benzene rings is 1. The molecule has 1 heterocycles. The van der Waals surface area contributed by atoms with Gasteiger partial charge in [0.05, 0.1) is 36.0 Å². The van der Waals surface area contributed by atoms with Crippen LogP contribution in [0.5, 0.6) is 0 Å². The summed E-state index contributed by atoms with van der Waals surface area (Å²) in [6, 6.07) is 12.3. The summed E-state index contributed by atoms with van der Waals surface area (Å²) in [5.41, 5.74) is 3.46. The molecule has 2 aromatic rings. The molecule has 0 radical (unpaired) electrons. The van der Waals surface area contributed by atoms with E-state index in [-0.39, 0.29) is 11.5 Å². The van der Waals surface area contributed by atoms with Crippen LogP contribution in [0.2, 0.25) is 0 Å². The Labute approximate surface area is 168 Å². The molecule has 0 aliphatic heterocycles. The number of allylic oxidation sites excluding steroid dienone is 3. The summed E-state index contributed by atoms with van der Waals surface area (Å²) >= 11 is 0. The number of hydrogen-bond donors (Lipinski definition) is 4. The van der Waals surface area contributed by atoms with Crippen LogP contribution in [0.3, 0.4) is 0 Å². The molecule has 1 aliphatic rings. The normalized spacial score (nSPS) is 18.0. The summed E-state index contributed by atoms with van der Waals surface area (Å²) in [5.74, 6) is -2.47. The van der Waals surface area contributed by atoms with E-state index in [1.807, 2.05) is 31.2 Å². The van der Waals surface area contributed by atoms with Crippen molar-refractivity contribution in [1.29, 1.82) is 0 Å². The number of nitrogens with one attached hydrogen (secondary N) is 2. The maximum absolute atomic E-state index is 11.3. The first-order valence-electron chi connectivity index (χ1n) is 9.31. The van der Waals surface area contributed by atoms with Crippen LogP contribution in [0.25, 0.3) is 0 Å². The average molecular weight is 393 g/mol. The Kier molecular flexibility index (Phi) is 6.29. The minimum absolute atomic E-state index is 0.135. The molecular weight excluding hydrogens is 370 g/mol. The highest BCUT2D eigenvalue weighted by Gasteiger charge is 2.26. The Bertz CT molecular complexity index is 968. The lowest BCUT2D eigenvalue weighted by molar-refractivity contribution is -0.141. The molecule has 0 fully saturated rings. The van der Waals surface area contributed by atoms with Gasteiger partial charge >= 0.3 is 11.9 Å². The zero-order valence-electron chi connectivity index (χ0n) is 16.0. The van der Waals surface area contributed by atoms with Gasteiger partial charge in [0, 0.05) is 17.3 Å². The number of anilines is 1. The molecule has 0 bridgehead atoms. The zero-order chi connectivity index (χ0) is 20.8. The van der Waals surface area contributed by atoms with Crippen molar-refractivity contribution in [3.05, 3.63) is 83.3 Å². The lowest BCUT2D eigenvalue weighted by Gasteiger charge is -2.24. The number of carbonyl (C=O) groups is 2. The molecule has 0 saturated heterocycles. The topological polar surface area (TPSA) is 112 Å². The molecule has 1 aromatic carbocycles. The maximum atomic E-state index is 11.3. The standard InChI is InChI=1S/C22H23N3O4/c1-14-19(22(28)29)9-4-10-20(14)24-13-18-8-3-7-17(25-18)12-23-16-6-2-5-15(11-16)21(26)27/h2-11,14,19,23-24H,12-13H2,1H3,(H,26,27)(H,28,29). The van der Waals surface area contributed by atoms with E-state index in [0.717, 1.165) is 17.1 Å². The summed E-state index contributed by atoms with van der Waals surface area (Å²) < 4.78 is 0. The number of aliphatic carboxylic acids is 1. The quantitative estimate of drug-likeness (QED) is 0.545. The number of aromatic nitrogens is 1. The third-order valence-corrected chi connectivity index (χ3v) is 4.83. The highest BCUT2D eigenvalue weighted by Crippen LogP contribution is 2.24. The summed E-state index contributed by atoms with van der Waals surface area (Å²) in [6.07, 6.45) is 5.35. The number of aromatic carboxylic acids is 1. The molecule has 2 unspecified atom stereocenters. The molecule has 7 nitrogen and oxygen atoms in total. The average Bonchev–Trinajstić information content (AvgIpc) is 2.72. The van der Waals surface area contributed by atoms with Crippen molar-refractivity contribution < 1.29 is 19.8 Å². The van der Waals surface area contributed by atoms with Gasteiger partial charge in [-0.05, 0) is 36.4 Å². The molecule has 0 saturated carbocycles. The minimum Gasteiger partial charge on any atom is -0.481 e. The van der Waals surface area contributed by atoms with Gasteiger partial charge in [-0.2, -0.15) is 0 Å². The van der Waals surface area contributed by atoms with Crippen LogP contribution in [-0.2, 0) is 17.9 Å². The fraction of sp³-hybridized carbons (Fsp3) is 0.227. The minimum atomic E-state index is -0.967. The van der Waals surface area contributed by atoms with E-state index in [1.165, 1.54) is 0 Å². The largest absolute Gasteiger partial charge is 0.481 e. The van der Waals surface area contributed by atoms with Crippen LogP contribution < -0.4 is 10.6 Å². The van der Waals surface area contributed by atoms with E-state index in [0.29, 0.717) is 18.8 Å². The van der Waals surface area contributed by atoms with Gasteiger partial charge in [0.2, 0.25) is 0 Å². The van der Waals surface area contributed by atoms with Crippen molar-refractivity contribution in [2.75, 3.05) is 5.32 Å². The number of rotatable bonds is 8. The van der Waals surface area contributed by atoms with Gasteiger partial charge < -0.3 is 20.8 Å². The second kappa shape index (κ2) is 9.05. The van der Waals surface area contributed by atoms with Crippen LogP contribution in [0.4, 0.5) is 5.69 Å². The van der Waals surface area contributed by atoms with Crippen molar-refractivity contribution in [3.63, 3.8) is 0 Å². The second-order valence-electron chi connectivity index (χ2n) is 6.87. The predicted molar refractivity (Wildman–Crippen MR) is 109 cm³/mol. The van der Waals surface area contributed by atoms with E-state index in [2.05, 4.69) is 15.6 Å². The van der Waals surface area contributed by atoms with E-state index in [9.17, 15) is 14.7 Å². The van der Waals surface area contributed by atoms with E-state index in [1.54, 1.807) is 36.4 Å². The molecular formula is C22H23N3O4. The maximum Gasteiger partial charge on any atom is 0.335 e. The fourth-order valence-corrected chi connectivity index (χ4v) is 3.18. The van der Waals surface area contributed by atoms with Crippen molar-refractivity contribution in [2.45, 2.75) is 20.0 Å². The third-order valence-electron chi connectivity index (χ3n) is 4.83. The molecule has 7 heteroatoms. The van der Waals surface area contributed by atoms with Crippen LogP contribution in [0.15, 0.2) is 66.4 Å². The Balaban J connectivity index is 1.59. The van der Waals surface area contributed by atoms with Crippen LogP contribution in [0.1, 0.15) is 28.7 Å². The van der Waals surface area contributed by atoms with Crippen LogP contribution >= 0.6 is 0 Å². The zero-order valence-corrected chi connectivity index (χ0v) is 16.0. The van der Waals surface area contributed by atoms with Crippen LogP contribution in [-0.4, -0.2) is 27.1 Å². The monoisotopic (exact) mass is 393 g/mol. The van der Waals surface area contributed by atoms with E-state index in [4.69, 9.17) is 5.11 Å². The Morgan fingerprint density at radius 3 is 2.41 bits per heavy atom. The molecule has 0 spiro atoms. The molecule has 29 heavy (non-hydrogen) atoms. The first-order chi connectivity index (χ1) is 13.9. The smallest absolute Gasteiger partial charge is 0.335 e. The number of nitrogens with zero attached hydrogens (tertiary/aromatic N) is 1. The second-order valence-corrected chi connectivity index (χ2v) is 6.87. The first-order valence-corrected chi connectivity index (χ1v) is 9.31. The number of carboxylic acids is 2. The lowest BCUT2D eigenvalue weighted by Crippen LogP contribution is -2.29. The molecule has 150 valence electrons. The fourth-order valence-electron chi connectivity index (χ4n) is 3.18. The van der Waals surface area contributed by atoms with Crippen molar-refractivity contribution in [3.8, 4) is 0 Å². The summed E-state index contributed by atoms with van der Waals surface area (Å²) in [7, 11) is 0. The lowest BCUT2D eigenvalue weighted by atomic mass is 9.87. The van der Waals surface area contributed by atoms with Gasteiger partial charge in [-0.25, -0.2) is 4.79 Å². The summed E-state index contributed by atoms with van der Waals surface area (Å²) in [5, 5.41) is 24.8. The number of carboxylic acid groups (broad SMARTS) is 2. The Hall–Kier alpha value is -3.61. The van der Waals surface area contributed by atoms with Gasteiger partial charge in [-0.3, -0.25) is 9.78 Å². The summed E-state index contributed by atoms with van der Waals surface area (Å²) in [4.78, 5) is 27.0. The van der Waals surface area contributed by atoms with Crippen LogP contribution in [0, 0.1) is 11.8 Å². The molecule has 1 aliphatic carbocycles. The van der Waals surface area contributed by atoms with Crippen molar-refractivity contribution in [2.24, 2.45) is 11.8 Å². The third kappa shape index (κ3) is 5.22. The van der Waals surface area contributed by atoms with Crippen molar-refractivity contribution >= 4 is 17.6 Å². The van der Waals surface area contributed by atoms with Gasteiger partial charge in [0.1, 0.15) is 0 Å². The van der Waals surface area contributed by atoms with Gasteiger partial charge in [0.25, 0.3) is 0 Å². The molecule has 0 amide bonds. The predicted octanol–water partition coefficient (Wildman–Crippen LogP) is 3.27. The van der Waals surface area contributed by atoms with Gasteiger partial charge in [-0.1, -0.05) is 31.2 Å². The van der Waals surface area contributed by atoms with Gasteiger partial charge in [0.15, 0.2) is 0 Å². The Morgan fingerprint density at radius 1 is 1.03 bits per heavy atom. The first kappa shape index (κ1) is 20.1.